The maximum Gasteiger partial charge on any atom is 0.295 e. The van der Waals surface area contributed by atoms with E-state index in [2.05, 4.69) is 69.2 Å². The highest BCUT2D eigenvalue weighted by Gasteiger charge is 2.27. The molecule has 59 heavy (non-hydrogen) atoms. The maximum absolute atomic E-state index is 13.5. The fraction of sp³-hybridized carbons (Fsp3) is 0.0789. The van der Waals surface area contributed by atoms with Gasteiger partial charge in [0.1, 0.15) is 16.6 Å². The maximum atomic E-state index is 13.5. The Morgan fingerprint density at radius 3 is 2.14 bits per heavy atom. The minimum Gasteiger partial charge on any atom is -0.768 e. The van der Waals surface area contributed by atoms with Gasteiger partial charge in [-0.2, -0.15) is 13.5 Å². The number of phenols is 1. The Hall–Kier alpha value is -5.13. The largest absolute Gasteiger partial charge is 0.768 e. The van der Waals surface area contributed by atoms with Gasteiger partial charge in [0, 0.05) is 23.3 Å². The van der Waals surface area contributed by atoms with Gasteiger partial charge in [-0.05, 0) is 143 Å². The molecule has 0 saturated heterocycles. The summed E-state index contributed by atoms with van der Waals surface area (Å²) >= 11 is 14.1. The van der Waals surface area contributed by atoms with Crippen LogP contribution in [0.1, 0.15) is 22.3 Å². The van der Waals surface area contributed by atoms with Crippen molar-refractivity contribution in [2.24, 2.45) is 11.0 Å². The number of hydrogen-bond acceptors (Lipinski definition) is 10. The van der Waals surface area contributed by atoms with Crippen molar-refractivity contribution >= 4 is 140 Å². The second-order valence-corrected chi connectivity index (χ2v) is 17.2. The lowest BCUT2D eigenvalue weighted by Crippen LogP contribution is -2.49. The van der Waals surface area contributed by atoms with Gasteiger partial charge < -0.3 is 25.6 Å². The smallest absolute Gasteiger partial charge is 0.295 e. The lowest BCUT2D eigenvalue weighted by atomic mass is 9.96. The molecule has 5 aromatic rings. The van der Waals surface area contributed by atoms with E-state index in [-0.39, 0.29) is 49.8 Å². The van der Waals surface area contributed by atoms with Gasteiger partial charge in [0.25, 0.3) is 21.9 Å². The third-order valence-corrected chi connectivity index (χ3v) is 11.6. The van der Waals surface area contributed by atoms with Crippen molar-refractivity contribution in [1.29, 1.82) is 0 Å². The molecule has 0 aliphatic rings. The lowest BCUT2D eigenvalue weighted by Gasteiger charge is -2.18. The zero-order chi connectivity index (χ0) is 42.9. The average Bonchev–Trinajstić information content (AvgIpc) is 3.20. The quantitative estimate of drug-likeness (QED) is 0.0137. The van der Waals surface area contributed by atoms with Crippen LogP contribution in [0, 0.1) is 5.92 Å². The predicted octanol–water partition coefficient (Wildman–Crippen LogP) is 5.97. The van der Waals surface area contributed by atoms with Crippen molar-refractivity contribution in [1.82, 2.24) is 21.6 Å². The molecule has 0 bridgehead atoms. The standard InChI is InChI=1S/C38H33Br2N7O8S4/c1-41-37(56)43-28-13-11-25(33(19-28)59(53,54)55)9-8-24-10-12-27(18-32(24)58(51)52)44-38(57)47-46-36(50)29(15-21-6-7-23-4-2-3-5-26(23)14-21)35(49)45-42-20-22-16-30(39)34(48)31(40)17-22/h2-14,16-20,29,48H,15H2,1H3,(H,45,49)(H,46,50)(H,51,52)(H2,41,43,56)(H2,44,47,57)(H,53,54,55)/p-1/b9-8+,42-20+. The molecule has 0 spiro atoms. The topological polar surface area (TPSA) is 233 Å². The van der Waals surface area contributed by atoms with Crippen molar-refractivity contribution < 1.29 is 36.4 Å². The van der Waals surface area contributed by atoms with Gasteiger partial charge in [0.15, 0.2) is 10.2 Å². The molecule has 5 rings (SSSR count). The highest BCUT2D eigenvalue weighted by atomic mass is 79.9. The second-order valence-electron chi connectivity index (χ2n) is 12.3. The van der Waals surface area contributed by atoms with Crippen LogP contribution in [-0.4, -0.2) is 62.1 Å². The highest BCUT2D eigenvalue weighted by molar-refractivity contribution is 9.11. The molecule has 21 heteroatoms. The monoisotopic (exact) mass is 1000 g/mol. The molecule has 0 saturated carbocycles. The van der Waals surface area contributed by atoms with Gasteiger partial charge in [-0.25, -0.2) is 5.43 Å². The van der Waals surface area contributed by atoms with Crippen LogP contribution in [0.25, 0.3) is 22.9 Å². The Balaban J connectivity index is 1.29. The summed E-state index contributed by atoms with van der Waals surface area (Å²) in [6.07, 6.45) is 4.01. The second kappa shape index (κ2) is 20.2. The van der Waals surface area contributed by atoms with Gasteiger partial charge >= 0.3 is 0 Å². The van der Waals surface area contributed by atoms with Crippen LogP contribution < -0.4 is 32.2 Å². The van der Waals surface area contributed by atoms with Crippen molar-refractivity contribution in [2.45, 2.75) is 16.2 Å². The third kappa shape index (κ3) is 12.4. The molecule has 0 radical (unpaired) electrons. The third-order valence-electron chi connectivity index (χ3n) is 8.28. The first kappa shape index (κ1) is 45.0. The number of benzene rings is 5. The zero-order valence-corrected chi connectivity index (χ0v) is 36.8. The summed E-state index contributed by atoms with van der Waals surface area (Å²) in [5.74, 6) is -2.80. The van der Waals surface area contributed by atoms with E-state index >= 15 is 0 Å². The predicted molar refractivity (Wildman–Crippen MR) is 242 cm³/mol. The number of rotatable bonds is 12. The molecular formula is C38H32Br2N7O8S4-. The van der Waals surface area contributed by atoms with E-state index < -0.39 is 43.8 Å². The molecule has 0 aliphatic carbocycles. The van der Waals surface area contributed by atoms with Crippen molar-refractivity contribution in [3.8, 4) is 5.75 Å². The fourth-order valence-corrected chi connectivity index (χ4v) is 8.19. The number of nitrogens with zero attached hydrogens (tertiary/aromatic N) is 1. The van der Waals surface area contributed by atoms with E-state index in [9.17, 15) is 36.4 Å². The Bertz CT molecular complexity index is 2640. The first-order valence-electron chi connectivity index (χ1n) is 16.9. The molecular weight excluding hydrogens is 971 g/mol. The van der Waals surface area contributed by atoms with Crippen LogP contribution in [-0.2, 0) is 37.2 Å². The number of carbonyl (C=O) groups excluding carboxylic acids is 2. The number of hydrazone groups is 1. The first-order chi connectivity index (χ1) is 28.0. The number of carbonyl (C=O) groups is 2. The van der Waals surface area contributed by atoms with Crippen LogP contribution in [0.4, 0.5) is 11.4 Å². The summed E-state index contributed by atoms with van der Waals surface area (Å²) in [7, 11) is -3.12. The number of anilines is 2. The summed E-state index contributed by atoms with van der Waals surface area (Å²) in [4.78, 5) is 26.3. The number of hydrazine groups is 1. The molecule has 5 aromatic carbocycles. The van der Waals surface area contributed by atoms with Gasteiger partial charge in [-0.3, -0.25) is 29.2 Å². The van der Waals surface area contributed by atoms with Crippen LogP contribution in [0.15, 0.2) is 115 Å². The van der Waals surface area contributed by atoms with E-state index in [0.29, 0.717) is 20.1 Å². The molecule has 8 N–H and O–H groups in total. The Kier molecular flexibility index (Phi) is 15.4. The number of aromatic hydroxyl groups is 1. The van der Waals surface area contributed by atoms with Gasteiger partial charge in [0.2, 0.25) is 0 Å². The Morgan fingerprint density at radius 1 is 0.847 bits per heavy atom. The molecule has 0 fully saturated rings. The first-order valence-corrected chi connectivity index (χ1v) is 21.8. The minimum absolute atomic E-state index is 0.00860. The van der Waals surface area contributed by atoms with E-state index in [4.69, 9.17) is 24.4 Å². The lowest BCUT2D eigenvalue weighted by molar-refractivity contribution is -0.135. The summed E-state index contributed by atoms with van der Waals surface area (Å²) in [5, 5.41) is 24.2. The number of fused-ring (bicyclic) bond motifs is 1. The van der Waals surface area contributed by atoms with Crippen LogP contribution in [0.2, 0.25) is 0 Å². The highest BCUT2D eigenvalue weighted by Crippen LogP contribution is 2.33. The summed E-state index contributed by atoms with van der Waals surface area (Å²) < 4.78 is 59.5. The van der Waals surface area contributed by atoms with Crippen molar-refractivity contribution in [3.05, 3.63) is 122 Å². The number of hydrogen-bond donors (Lipinski definition) is 8. The van der Waals surface area contributed by atoms with Gasteiger partial charge in [0.05, 0.1) is 15.2 Å². The van der Waals surface area contributed by atoms with Crippen LogP contribution in [0.3, 0.4) is 0 Å². The normalized spacial score (nSPS) is 12.5. The summed E-state index contributed by atoms with van der Waals surface area (Å²) in [5.41, 5.74) is 9.32. The molecule has 15 nitrogen and oxygen atoms in total. The molecule has 2 amide bonds. The molecule has 306 valence electrons. The number of thiocarbonyl (C=S) groups is 2. The summed E-state index contributed by atoms with van der Waals surface area (Å²) in [6, 6.07) is 24.6. The van der Waals surface area contributed by atoms with Gasteiger partial charge in [-0.1, -0.05) is 66.7 Å². The summed E-state index contributed by atoms with van der Waals surface area (Å²) in [6.45, 7) is 0. The minimum atomic E-state index is -4.69. The van der Waals surface area contributed by atoms with Gasteiger partial charge in [-0.15, -0.1) is 0 Å². The average molecular weight is 1000 g/mol. The molecule has 2 atom stereocenters. The number of phenolic OH excluding ortho intramolecular Hbond substituents is 1. The SMILES string of the molecule is CNC(=S)Nc1ccc(/C=C/c2ccc(NC(=S)NNC(=O)C(Cc3ccc4ccccc4c3)C(=O)N/N=C/c3cc(Br)c(O)c(Br)c3)cc2S(=O)[O-])c(S(=O)(=O)O)c1. The van der Waals surface area contributed by atoms with E-state index in [0.717, 1.165) is 10.8 Å². The van der Waals surface area contributed by atoms with Crippen molar-refractivity contribution in [2.75, 3.05) is 17.7 Å². The molecule has 0 heterocycles. The molecule has 2 unspecified atom stereocenters. The van der Waals surface area contributed by atoms with Crippen molar-refractivity contribution in [3.63, 3.8) is 0 Å². The molecule has 0 aromatic heterocycles. The number of nitrogens with one attached hydrogen (secondary N) is 6. The van der Waals surface area contributed by atoms with E-state index in [1.54, 1.807) is 19.2 Å². The van der Waals surface area contributed by atoms with E-state index in [1.807, 2.05) is 42.5 Å². The Morgan fingerprint density at radius 2 is 1.47 bits per heavy atom. The molecule has 0 aliphatic heterocycles. The Labute approximate surface area is 368 Å². The zero-order valence-electron chi connectivity index (χ0n) is 30.4. The number of halogens is 2. The van der Waals surface area contributed by atoms with E-state index in [1.165, 1.54) is 54.8 Å². The number of amides is 2. The fourth-order valence-electron chi connectivity index (χ4n) is 5.42. The van der Waals surface area contributed by atoms with Crippen LogP contribution >= 0.6 is 56.3 Å². The van der Waals surface area contributed by atoms with Crippen LogP contribution in [0.5, 0.6) is 5.75 Å².